The molecule has 0 fully saturated rings. The topological polar surface area (TPSA) is 84.5 Å². The maximum absolute atomic E-state index is 12.6. The lowest BCUT2D eigenvalue weighted by atomic mass is 10.0. The Bertz CT molecular complexity index is 1090. The van der Waals surface area contributed by atoms with Gasteiger partial charge in [-0.05, 0) is 42.3 Å². The smallest absolute Gasteiger partial charge is 0.308 e. The molecular formula is C25H23ClN2O4. The number of ether oxygens (including phenoxy) is 1. The van der Waals surface area contributed by atoms with Gasteiger partial charge < -0.3 is 15.4 Å². The molecule has 1 atom stereocenters. The molecule has 0 saturated carbocycles. The van der Waals surface area contributed by atoms with Crippen molar-refractivity contribution in [3.63, 3.8) is 0 Å². The Labute approximate surface area is 191 Å². The van der Waals surface area contributed by atoms with Crippen LogP contribution in [0.1, 0.15) is 33.9 Å². The zero-order valence-electron chi connectivity index (χ0n) is 17.5. The fourth-order valence-corrected chi connectivity index (χ4v) is 3.24. The second-order valence-electron chi connectivity index (χ2n) is 7.13. The molecule has 0 spiro atoms. The van der Waals surface area contributed by atoms with E-state index in [2.05, 4.69) is 10.6 Å². The molecule has 3 rings (SSSR count). The minimum atomic E-state index is -0.606. The monoisotopic (exact) mass is 450 g/mol. The van der Waals surface area contributed by atoms with Gasteiger partial charge in [0.2, 0.25) is 0 Å². The summed E-state index contributed by atoms with van der Waals surface area (Å²) in [6, 6.07) is 22.4. The summed E-state index contributed by atoms with van der Waals surface area (Å²) in [5.41, 5.74) is 2.52. The zero-order chi connectivity index (χ0) is 22.9. The second-order valence-corrected chi connectivity index (χ2v) is 7.54. The zero-order valence-corrected chi connectivity index (χ0v) is 18.3. The summed E-state index contributed by atoms with van der Waals surface area (Å²) >= 11 is 6.05. The van der Waals surface area contributed by atoms with Crippen molar-refractivity contribution < 1.29 is 19.1 Å². The van der Waals surface area contributed by atoms with Gasteiger partial charge in [0.25, 0.3) is 11.8 Å². The van der Waals surface area contributed by atoms with E-state index in [4.69, 9.17) is 16.3 Å². The van der Waals surface area contributed by atoms with Gasteiger partial charge in [-0.1, -0.05) is 66.2 Å². The molecule has 7 heteroatoms. The van der Waals surface area contributed by atoms with E-state index in [9.17, 15) is 14.4 Å². The van der Waals surface area contributed by atoms with Gasteiger partial charge in [0.05, 0.1) is 12.5 Å². The largest absolute Gasteiger partial charge is 0.455 e. The highest BCUT2D eigenvalue weighted by Crippen LogP contribution is 2.23. The minimum Gasteiger partial charge on any atom is -0.455 e. The first-order valence-electron chi connectivity index (χ1n) is 10.1. The van der Waals surface area contributed by atoms with Crippen LogP contribution in [0.3, 0.4) is 0 Å². The highest BCUT2D eigenvalue weighted by atomic mass is 35.5. The van der Waals surface area contributed by atoms with Crippen LogP contribution in [0, 0.1) is 6.92 Å². The predicted octanol–water partition coefficient (Wildman–Crippen LogP) is 4.69. The van der Waals surface area contributed by atoms with Crippen LogP contribution < -0.4 is 10.6 Å². The van der Waals surface area contributed by atoms with Gasteiger partial charge in [0.15, 0.2) is 6.61 Å². The molecule has 32 heavy (non-hydrogen) atoms. The molecule has 0 aliphatic carbocycles. The Balaban J connectivity index is 1.60. The van der Waals surface area contributed by atoms with Crippen molar-refractivity contribution in [3.05, 3.63) is 101 Å². The summed E-state index contributed by atoms with van der Waals surface area (Å²) in [5.74, 6) is -1.39. The molecule has 6 nitrogen and oxygen atoms in total. The fraction of sp³-hybridized carbons (Fsp3) is 0.160. The molecule has 3 aromatic rings. The van der Waals surface area contributed by atoms with Crippen molar-refractivity contribution in [1.29, 1.82) is 0 Å². The van der Waals surface area contributed by atoms with Crippen LogP contribution in [0.5, 0.6) is 0 Å². The van der Waals surface area contributed by atoms with E-state index in [1.165, 1.54) is 0 Å². The van der Waals surface area contributed by atoms with Gasteiger partial charge in [-0.3, -0.25) is 14.4 Å². The van der Waals surface area contributed by atoms with Crippen LogP contribution in [-0.2, 0) is 14.3 Å². The Morgan fingerprint density at radius 1 is 0.906 bits per heavy atom. The van der Waals surface area contributed by atoms with Crippen LogP contribution >= 0.6 is 11.6 Å². The Morgan fingerprint density at radius 2 is 1.56 bits per heavy atom. The quantitative estimate of drug-likeness (QED) is 0.487. The van der Waals surface area contributed by atoms with E-state index < -0.39 is 24.5 Å². The van der Waals surface area contributed by atoms with Gasteiger partial charge in [-0.2, -0.15) is 0 Å². The summed E-state index contributed by atoms with van der Waals surface area (Å²) in [6.45, 7) is 1.34. The highest BCUT2D eigenvalue weighted by molar-refractivity contribution is 6.31. The number of amides is 2. The molecule has 0 bridgehead atoms. The average molecular weight is 451 g/mol. The fourth-order valence-electron chi connectivity index (χ4n) is 3.07. The van der Waals surface area contributed by atoms with Gasteiger partial charge in [0.1, 0.15) is 0 Å². The predicted molar refractivity (Wildman–Crippen MR) is 123 cm³/mol. The van der Waals surface area contributed by atoms with Crippen LogP contribution in [0.25, 0.3) is 0 Å². The number of carbonyl (C=O) groups is 3. The van der Waals surface area contributed by atoms with Crippen molar-refractivity contribution in [2.75, 3.05) is 11.9 Å². The molecule has 0 aromatic heterocycles. The van der Waals surface area contributed by atoms with Gasteiger partial charge >= 0.3 is 5.97 Å². The van der Waals surface area contributed by atoms with Crippen molar-refractivity contribution >= 4 is 35.1 Å². The molecule has 2 N–H and O–H groups in total. The van der Waals surface area contributed by atoms with E-state index in [1.54, 1.807) is 49.4 Å². The molecule has 0 saturated heterocycles. The normalized spacial score (nSPS) is 11.3. The second kappa shape index (κ2) is 11.1. The molecular weight excluding hydrogens is 428 g/mol. The summed E-state index contributed by atoms with van der Waals surface area (Å²) in [6.07, 6.45) is -0.119. The number of carbonyl (C=O) groups excluding carboxylic acids is 3. The van der Waals surface area contributed by atoms with Crippen molar-refractivity contribution in [3.8, 4) is 0 Å². The number of nitrogens with one attached hydrogen (secondary N) is 2. The average Bonchev–Trinajstić information content (AvgIpc) is 2.81. The SMILES string of the molecule is Cc1c(Cl)cccc1NC(=O)COC(=O)CC(NC(=O)c1ccccc1)c1ccccc1. The van der Waals surface area contributed by atoms with E-state index in [0.29, 0.717) is 16.3 Å². The van der Waals surface area contributed by atoms with Crippen LogP contribution in [-0.4, -0.2) is 24.4 Å². The number of halogens is 1. The number of hydrogen-bond donors (Lipinski definition) is 2. The third-order valence-electron chi connectivity index (χ3n) is 4.82. The first-order chi connectivity index (χ1) is 15.4. The maximum atomic E-state index is 12.6. The molecule has 0 heterocycles. The molecule has 1 unspecified atom stereocenters. The summed E-state index contributed by atoms with van der Waals surface area (Å²) in [4.78, 5) is 37.2. The summed E-state index contributed by atoms with van der Waals surface area (Å²) < 4.78 is 5.15. The lowest BCUT2D eigenvalue weighted by Gasteiger charge is -2.19. The lowest BCUT2D eigenvalue weighted by Crippen LogP contribution is -2.31. The minimum absolute atomic E-state index is 0.119. The van der Waals surface area contributed by atoms with Gasteiger partial charge in [0, 0.05) is 16.3 Å². The number of esters is 1. The molecule has 164 valence electrons. The number of benzene rings is 3. The van der Waals surface area contributed by atoms with Crippen molar-refractivity contribution in [2.45, 2.75) is 19.4 Å². The molecule has 2 amide bonds. The number of rotatable bonds is 8. The molecule has 0 aliphatic rings. The molecule has 0 aliphatic heterocycles. The van der Waals surface area contributed by atoms with E-state index in [0.717, 1.165) is 11.1 Å². The molecule has 3 aromatic carbocycles. The highest BCUT2D eigenvalue weighted by Gasteiger charge is 2.21. The van der Waals surface area contributed by atoms with E-state index in [1.807, 2.05) is 36.4 Å². The first-order valence-corrected chi connectivity index (χ1v) is 10.4. The standard InChI is InChI=1S/C25H23ClN2O4/c1-17-20(26)13-8-14-21(17)27-23(29)16-32-24(30)15-22(18-9-4-2-5-10-18)28-25(31)19-11-6-3-7-12-19/h2-14,22H,15-16H2,1H3,(H,27,29)(H,28,31). The third kappa shape index (κ3) is 6.43. The van der Waals surface area contributed by atoms with Gasteiger partial charge in [-0.15, -0.1) is 0 Å². The van der Waals surface area contributed by atoms with Crippen molar-refractivity contribution in [2.24, 2.45) is 0 Å². The van der Waals surface area contributed by atoms with Gasteiger partial charge in [-0.25, -0.2) is 0 Å². The third-order valence-corrected chi connectivity index (χ3v) is 5.23. The van der Waals surface area contributed by atoms with E-state index in [-0.39, 0.29) is 12.3 Å². The number of hydrogen-bond acceptors (Lipinski definition) is 4. The maximum Gasteiger partial charge on any atom is 0.308 e. The summed E-state index contributed by atoms with van der Waals surface area (Å²) in [7, 11) is 0. The lowest BCUT2D eigenvalue weighted by molar-refractivity contribution is -0.147. The van der Waals surface area contributed by atoms with Crippen LogP contribution in [0.4, 0.5) is 5.69 Å². The first kappa shape index (κ1) is 23.0. The van der Waals surface area contributed by atoms with E-state index >= 15 is 0 Å². The molecule has 0 radical (unpaired) electrons. The van der Waals surface area contributed by atoms with Crippen molar-refractivity contribution in [1.82, 2.24) is 5.32 Å². The Morgan fingerprint density at radius 3 is 2.25 bits per heavy atom. The van der Waals surface area contributed by atoms with Crippen LogP contribution in [0.2, 0.25) is 5.02 Å². The summed E-state index contributed by atoms with van der Waals surface area (Å²) in [5, 5.41) is 6.07. The Kier molecular flexibility index (Phi) is 8.00. The Hall–Kier alpha value is -3.64. The van der Waals surface area contributed by atoms with Crippen LogP contribution in [0.15, 0.2) is 78.9 Å². The number of anilines is 1.